The predicted octanol–water partition coefficient (Wildman–Crippen LogP) is 16.0. The molecule has 13 rings (SSSR count). The Morgan fingerprint density at radius 1 is 0.308 bits per heavy atom. The number of aromatic nitrogens is 4. The fourth-order valence-corrected chi connectivity index (χ4v) is 10.7. The van der Waals surface area contributed by atoms with Gasteiger partial charge >= 0.3 is 0 Å². The molecule has 0 atom stereocenters. The molecule has 0 aliphatic heterocycles. The van der Waals surface area contributed by atoms with Crippen molar-refractivity contribution in [1.29, 1.82) is 0 Å². The largest absolute Gasteiger partial charge is 0.309 e. The monoisotopic (exact) mass is 830 g/mol. The van der Waals surface area contributed by atoms with Gasteiger partial charge in [-0.05, 0) is 126 Å². The van der Waals surface area contributed by atoms with Crippen molar-refractivity contribution < 1.29 is 0 Å². The van der Waals surface area contributed by atoms with Crippen LogP contribution in [0.4, 0.5) is 0 Å². The number of pyridine rings is 1. The number of rotatable bonds is 6. The summed E-state index contributed by atoms with van der Waals surface area (Å²) in [5.41, 5.74) is 19.9. The predicted molar refractivity (Wildman–Crippen MR) is 273 cm³/mol. The average Bonchev–Trinajstić information content (AvgIpc) is 4.00. The molecule has 0 aliphatic carbocycles. The van der Waals surface area contributed by atoms with Gasteiger partial charge < -0.3 is 13.7 Å². The summed E-state index contributed by atoms with van der Waals surface area (Å²) in [5.74, 6) is 0. The van der Waals surface area contributed by atoms with Crippen LogP contribution < -0.4 is 0 Å². The zero-order valence-corrected chi connectivity index (χ0v) is 36.1. The smallest absolute Gasteiger partial charge is 0.0708 e. The average molecular weight is 831 g/mol. The second-order valence-electron chi connectivity index (χ2n) is 17.2. The van der Waals surface area contributed by atoms with Gasteiger partial charge in [0.25, 0.3) is 0 Å². The molecule has 4 aromatic heterocycles. The molecule has 4 nitrogen and oxygen atoms in total. The minimum Gasteiger partial charge on any atom is -0.309 e. The normalized spacial score (nSPS) is 11.8. The van der Waals surface area contributed by atoms with Crippen molar-refractivity contribution in [3.05, 3.63) is 230 Å². The van der Waals surface area contributed by atoms with Crippen LogP contribution in [-0.4, -0.2) is 18.7 Å². The molecule has 0 unspecified atom stereocenters. The van der Waals surface area contributed by atoms with Crippen LogP contribution in [0.2, 0.25) is 0 Å². The molecule has 65 heavy (non-hydrogen) atoms. The first kappa shape index (κ1) is 37.1. The van der Waals surface area contributed by atoms with Crippen LogP contribution in [-0.2, 0) is 0 Å². The summed E-state index contributed by atoms with van der Waals surface area (Å²) in [6, 6.07) is 77.2. The highest BCUT2D eigenvalue weighted by Crippen LogP contribution is 2.40. The molecule has 0 saturated heterocycles. The quantitative estimate of drug-likeness (QED) is 0.164. The van der Waals surface area contributed by atoms with Crippen molar-refractivity contribution in [2.45, 2.75) is 13.8 Å². The Bertz CT molecular complexity index is 3940. The molecular formula is C61H42N4. The molecule has 4 heterocycles. The van der Waals surface area contributed by atoms with E-state index in [9.17, 15) is 0 Å². The van der Waals surface area contributed by atoms with Gasteiger partial charge in [0.2, 0.25) is 0 Å². The summed E-state index contributed by atoms with van der Waals surface area (Å²) >= 11 is 0. The molecule has 0 N–H and O–H groups in total. The highest BCUT2D eigenvalue weighted by molar-refractivity contribution is 6.13. The van der Waals surface area contributed by atoms with Gasteiger partial charge in [0.15, 0.2) is 0 Å². The third-order valence-corrected chi connectivity index (χ3v) is 13.7. The lowest BCUT2D eigenvalue weighted by molar-refractivity contribution is 1.14. The van der Waals surface area contributed by atoms with Crippen LogP contribution in [0.3, 0.4) is 0 Å². The van der Waals surface area contributed by atoms with E-state index in [1.165, 1.54) is 99.0 Å². The SMILES string of the molecule is Cc1c(-c2ccnc(-c3cccc(-c4cccc(-n5c6ccccc6c6cc(-n7c8ccccc8c8ccccc87)ccc65)c4C)c3)c2)cccc1-n1c2ccccc2c2ccccc21. The highest BCUT2D eigenvalue weighted by atomic mass is 15.0. The number of benzene rings is 9. The van der Waals surface area contributed by atoms with Crippen LogP contribution >= 0.6 is 0 Å². The van der Waals surface area contributed by atoms with Crippen LogP contribution in [0.1, 0.15) is 11.1 Å². The van der Waals surface area contributed by atoms with Crippen molar-refractivity contribution >= 4 is 65.4 Å². The molecule has 4 heteroatoms. The van der Waals surface area contributed by atoms with E-state index >= 15 is 0 Å². The molecule has 0 saturated carbocycles. The maximum absolute atomic E-state index is 4.95. The van der Waals surface area contributed by atoms with E-state index in [-0.39, 0.29) is 0 Å². The highest BCUT2D eigenvalue weighted by Gasteiger charge is 2.20. The first-order valence-corrected chi connectivity index (χ1v) is 22.4. The van der Waals surface area contributed by atoms with E-state index < -0.39 is 0 Å². The Morgan fingerprint density at radius 3 is 1.25 bits per heavy atom. The van der Waals surface area contributed by atoms with Gasteiger partial charge in [-0.25, -0.2) is 0 Å². The summed E-state index contributed by atoms with van der Waals surface area (Å²) < 4.78 is 7.27. The van der Waals surface area contributed by atoms with Gasteiger partial charge in [0.05, 0.1) is 38.8 Å². The second-order valence-corrected chi connectivity index (χ2v) is 17.2. The summed E-state index contributed by atoms with van der Waals surface area (Å²) in [4.78, 5) is 4.95. The maximum Gasteiger partial charge on any atom is 0.0708 e. The van der Waals surface area contributed by atoms with E-state index in [1.807, 2.05) is 6.20 Å². The standard InChI is InChI=1S/C61H42N4/c1-39-45(23-14-31-55(39)65-60-29-12-7-22-51(60)52-38-44(32-33-61(52)65)63-56-25-8-3-18-47(56)48-19-4-9-26-57(48)63)41-16-13-17-43(36-41)53-37-42(34-35-62-53)46-24-15-30-54(40(46)2)64-58-27-10-5-20-49(58)50-21-6-11-28-59(50)64/h3-38H,1-2H3. The molecule has 0 aliphatic rings. The van der Waals surface area contributed by atoms with Gasteiger partial charge in [-0.1, -0.05) is 133 Å². The van der Waals surface area contributed by atoms with Crippen LogP contribution in [0.25, 0.3) is 116 Å². The Kier molecular flexibility index (Phi) is 8.31. The van der Waals surface area contributed by atoms with Gasteiger partial charge in [-0.2, -0.15) is 0 Å². The third kappa shape index (κ3) is 5.67. The lowest BCUT2D eigenvalue weighted by Crippen LogP contribution is -1.99. The van der Waals surface area contributed by atoms with Crippen molar-refractivity contribution in [1.82, 2.24) is 18.7 Å². The zero-order valence-electron chi connectivity index (χ0n) is 36.1. The Hall–Kier alpha value is -8.47. The van der Waals surface area contributed by atoms with Gasteiger partial charge in [-0.3, -0.25) is 4.98 Å². The number of nitrogens with zero attached hydrogens (tertiary/aromatic N) is 4. The van der Waals surface area contributed by atoms with Crippen molar-refractivity contribution in [3.63, 3.8) is 0 Å². The Balaban J connectivity index is 0.892. The molecule has 0 fully saturated rings. The fourth-order valence-electron chi connectivity index (χ4n) is 10.7. The van der Waals surface area contributed by atoms with Crippen LogP contribution in [0.5, 0.6) is 0 Å². The van der Waals surface area contributed by atoms with Crippen molar-refractivity contribution in [2.24, 2.45) is 0 Å². The Morgan fingerprint density at radius 2 is 0.723 bits per heavy atom. The Labute approximate surface area is 376 Å². The molecule has 0 radical (unpaired) electrons. The third-order valence-electron chi connectivity index (χ3n) is 13.7. The number of hydrogen-bond donors (Lipinski definition) is 0. The first-order valence-electron chi connectivity index (χ1n) is 22.4. The van der Waals surface area contributed by atoms with Crippen molar-refractivity contribution in [2.75, 3.05) is 0 Å². The van der Waals surface area contributed by atoms with Gasteiger partial charge in [-0.15, -0.1) is 0 Å². The molecule has 0 bridgehead atoms. The molecule has 0 amide bonds. The summed E-state index contributed by atoms with van der Waals surface area (Å²) in [6.45, 7) is 4.50. The first-order chi connectivity index (χ1) is 32.1. The molecule has 13 aromatic rings. The van der Waals surface area contributed by atoms with E-state index in [2.05, 4.69) is 240 Å². The van der Waals surface area contributed by atoms with E-state index in [0.29, 0.717) is 0 Å². The maximum atomic E-state index is 4.95. The fraction of sp³-hybridized carbons (Fsp3) is 0.0328. The lowest BCUT2D eigenvalue weighted by atomic mass is 9.95. The topological polar surface area (TPSA) is 27.7 Å². The minimum absolute atomic E-state index is 0.946. The summed E-state index contributed by atoms with van der Waals surface area (Å²) in [6.07, 6.45) is 1.95. The number of hydrogen-bond acceptors (Lipinski definition) is 1. The van der Waals surface area contributed by atoms with E-state index in [4.69, 9.17) is 4.98 Å². The molecular weight excluding hydrogens is 789 g/mol. The van der Waals surface area contributed by atoms with Crippen LogP contribution in [0.15, 0.2) is 219 Å². The van der Waals surface area contributed by atoms with Crippen LogP contribution in [0, 0.1) is 13.8 Å². The minimum atomic E-state index is 0.946. The number of fused-ring (bicyclic) bond motifs is 9. The summed E-state index contributed by atoms with van der Waals surface area (Å²) in [7, 11) is 0. The zero-order chi connectivity index (χ0) is 43.2. The van der Waals surface area contributed by atoms with Crippen molar-refractivity contribution in [3.8, 4) is 50.6 Å². The molecule has 9 aromatic carbocycles. The lowest BCUT2D eigenvalue weighted by Gasteiger charge is -2.16. The van der Waals surface area contributed by atoms with E-state index in [0.717, 1.165) is 28.1 Å². The molecule has 0 spiro atoms. The van der Waals surface area contributed by atoms with Gasteiger partial charge in [0, 0.05) is 61.1 Å². The van der Waals surface area contributed by atoms with E-state index in [1.54, 1.807) is 0 Å². The molecule has 306 valence electrons. The van der Waals surface area contributed by atoms with Gasteiger partial charge in [0.1, 0.15) is 0 Å². The number of para-hydroxylation sites is 5. The summed E-state index contributed by atoms with van der Waals surface area (Å²) in [5, 5.41) is 7.52. The second kappa shape index (κ2) is 14.5.